The smallest absolute Gasteiger partial charge is 0.120 e. The Morgan fingerprint density at radius 3 is 2.74 bits per heavy atom. The maximum atomic E-state index is 5.90. The SMILES string of the molecule is CCCNC(CC(C)C)c1cccc(OC2CC2)c1. The highest BCUT2D eigenvalue weighted by molar-refractivity contribution is 5.31. The van der Waals surface area contributed by atoms with E-state index in [1.54, 1.807) is 0 Å². The Balaban J connectivity index is 2.04. The summed E-state index contributed by atoms with van der Waals surface area (Å²) in [6.07, 6.45) is 5.25. The average molecular weight is 261 g/mol. The van der Waals surface area contributed by atoms with Gasteiger partial charge in [0.15, 0.2) is 0 Å². The molecule has 1 atom stereocenters. The minimum absolute atomic E-state index is 0.447. The fraction of sp³-hybridized carbons (Fsp3) is 0.647. The second-order valence-corrected chi connectivity index (χ2v) is 6.03. The zero-order valence-electron chi connectivity index (χ0n) is 12.5. The molecule has 1 aliphatic rings. The van der Waals surface area contributed by atoms with Crippen molar-refractivity contribution in [3.63, 3.8) is 0 Å². The summed E-state index contributed by atoms with van der Waals surface area (Å²) in [5, 5.41) is 3.66. The van der Waals surface area contributed by atoms with Gasteiger partial charge in [-0.05, 0) is 55.8 Å². The largest absolute Gasteiger partial charge is 0.490 e. The quantitative estimate of drug-likeness (QED) is 0.752. The molecule has 19 heavy (non-hydrogen) atoms. The Morgan fingerprint density at radius 2 is 2.11 bits per heavy atom. The van der Waals surface area contributed by atoms with Crippen LogP contribution in [0.2, 0.25) is 0 Å². The van der Waals surface area contributed by atoms with Crippen molar-refractivity contribution in [2.45, 2.75) is 58.6 Å². The maximum Gasteiger partial charge on any atom is 0.120 e. The Bertz CT molecular complexity index is 385. The monoisotopic (exact) mass is 261 g/mol. The molecule has 0 saturated heterocycles. The van der Waals surface area contributed by atoms with E-state index in [9.17, 15) is 0 Å². The number of ether oxygens (including phenoxy) is 1. The van der Waals surface area contributed by atoms with Gasteiger partial charge >= 0.3 is 0 Å². The first kappa shape index (κ1) is 14.4. The molecular formula is C17H27NO. The summed E-state index contributed by atoms with van der Waals surface area (Å²) in [5.41, 5.74) is 1.36. The van der Waals surface area contributed by atoms with Gasteiger partial charge in [0.2, 0.25) is 0 Å². The van der Waals surface area contributed by atoms with Gasteiger partial charge in [0, 0.05) is 6.04 Å². The molecule has 1 aliphatic carbocycles. The van der Waals surface area contributed by atoms with Crippen LogP contribution in [0, 0.1) is 5.92 Å². The number of nitrogens with one attached hydrogen (secondary N) is 1. The molecule has 106 valence electrons. The van der Waals surface area contributed by atoms with E-state index in [1.807, 2.05) is 0 Å². The molecule has 1 N–H and O–H groups in total. The minimum atomic E-state index is 0.447. The molecule has 2 nitrogen and oxygen atoms in total. The van der Waals surface area contributed by atoms with Crippen molar-refractivity contribution in [2.24, 2.45) is 5.92 Å². The fourth-order valence-electron chi connectivity index (χ4n) is 2.31. The summed E-state index contributed by atoms with van der Waals surface area (Å²) in [5.74, 6) is 1.73. The molecule has 1 aromatic carbocycles. The lowest BCUT2D eigenvalue weighted by atomic mass is 9.96. The summed E-state index contributed by atoms with van der Waals surface area (Å²) in [6.45, 7) is 7.85. The van der Waals surface area contributed by atoms with Crippen molar-refractivity contribution in [3.8, 4) is 5.75 Å². The van der Waals surface area contributed by atoms with Crippen LogP contribution in [-0.4, -0.2) is 12.6 Å². The predicted octanol–water partition coefficient (Wildman–Crippen LogP) is 4.31. The number of rotatable bonds is 8. The minimum Gasteiger partial charge on any atom is -0.490 e. The summed E-state index contributed by atoms with van der Waals surface area (Å²) in [6, 6.07) is 9.08. The molecule has 0 aliphatic heterocycles. The van der Waals surface area contributed by atoms with Gasteiger partial charge in [-0.1, -0.05) is 32.9 Å². The van der Waals surface area contributed by atoms with E-state index in [1.165, 1.54) is 31.2 Å². The van der Waals surface area contributed by atoms with E-state index >= 15 is 0 Å². The Hall–Kier alpha value is -1.02. The van der Waals surface area contributed by atoms with Crippen LogP contribution in [0.4, 0.5) is 0 Å². The molecule has 2 rings (SSSR count). The van der Waals surface area contributed by atoms with E-state index in [2.05, 4.69) is 50.4 Å². The van der Waals surface area contributed by atoms with Crippen molar-refractivity contribution in [3.05, 3.63) is 29.8 Å². The van der Waals surface area contributed by atoms with Crippen LogP contribution in [0.1, 0.15) is 58.1 Å². The molecule has 0 amide bonds. The molecule has 1 unspecified atom stereocenters. The molecule has 2 heteroatoms. The zero-order chi connectivity index (χ0) is 13.7. The highest BCUT2D eigenvalue weighted by Gasteiger charge is 2.23. The second kappa shape index (κ2) is 6.95. The van der Waals surface area contributed by atoms with Crippen LogP contribution in [0.3, 0.4) is 0 Å². The zero-order valence-corrected chi connectivity index (χ0v) is 12.5. The third-order valence-electron chi connectivity index (χ3n) is 3.44. The van der Waals surface area contributed by atoms with E-state index in [-0.39, 0.29) is 0 Å². The lowest BCUT2D eigenvalue weighted by molar-refractivity contribution is 0.302. The number of benzene rings is 1. The van der Waals surface area contributed by atoms with Gasteiger partial charge < -0.3 is 10.1 Å². The van der Waals surface area contributed by atoms with Gasteiger partial charge in [-0.25, -0.2) is 0 Å². The second-order valence-electron chi connectivity index (χ2n) is 6.03. The molecule has 1 fully saturated rings. The fourth-order valence-corrected chi connectivity index (χ4v) is 2.31. The predicted molar refractivity (Wildman–Crippen MR) is 80.6 cm³/mol. The van der Waals surface area contributed by atoms with Gasteiger partial charge in [-0.3, -0.25) is 0 Å². The van der Waals surface area contributed by atoms with Gasteiger partial charge in [0.1, 0.15) is 5.75 Å². The van der Waals surface area contributed by atoms with Crippen LogP contribution < -0.4 is 10.1 Å². The Morgan fingerprint density at radius 1 is 1.32 bits per heavy atom. The third-order valence-corrected chi connectivity index (χ3v) is 3.44. The van der Waals surface area contributed by atoms with Gasteiger partial charge in [0.25, 0.3) is 0 Å². The third kappa shape index (κ3) is 4.87. The molecular weight excluding hydrogens is 234 g/mol. The Labute approximate surface area is 117 Å². The van der Waals surface area contributed by atoms with Gasteiger partial charge in [-0.2, -0.15) is 0 Å². The van der Waals surface area contributed by atoms with Crippen molar-refractivity contribution in [1.29, 1.82) is 0 Å². The van der Waals surface area contributed by atoms with Crippen LogP contribution in [-0.2, 0) is 0 Å². The lowest BCUT2D eigenvalue weighted by Gasteiger charge is -2.21. The van der Waals surface area contributed by atoms with Crippen LogP contribution >= 0.6 is 0 Å². The highest BCUT2D eigenvalue weighted by atomic mass is 16.5. The molecule has 0 radical (unpaired) electrons. The first-order valence-corrected chi connectivity index (χ1v) is 7.69. The normalized spacial score (nSPS) is 16.6. The van der Waals surface area contributed by atoms with E-state index in [0.717, 1.165) is 12.3 Å². The molecule has 1 saturated carbocycles. The summed E-state index contributed by atoms with van der Waals surface area (Å²) >= 11 is 0. The van der Waals surface area contributed by atoms with E-state index < -0.39 is 0 Å². The average Bonchev–Trinajstić information content (AvgIpc) is 3.18. The standard InChI is InChI=1S/C17H27NO/c1-4-10-18-17(11-13(2)3)14-6-5-7-16(12-14)19-15-8-9-15/h5-7,12-13,15,17-18H,4,8-11H2,1-3H3. The summed E-state index contributed by atoms with van der Waals surface area (Å²) in [4.78, 5) is 0. The number of hydrogen-bond donors (Lipinski definition) is 1. The van der Waals surface area contributed by atoms with Crippen LogP contribution in [0.5, 0.6) is 5.75 Å². The van der Waals surface area contributed by atoms with Crippen molar-refractivity contribution >= 4 is 0 Å². The first-order valence-electron chi connectivity index (χ1n) is 7.69. The van der Waals surface area contributed by atoms with Crippen molar-refractivity contribution < 1.29 is 4.74 Å². The van der Waals surface area contributed by atoms with E-state index in [4.69, 9.17) is 4.74 Å². The topological polar surface area (TPSA) is 21.3 Å². The molecule has 1 aromatic rings. The van der Waals surface area contributed by atoms with Crippen LogP contribution in [0.15, 0.2) is 24.3 Å². The molecule has 0 spiro atoms. The maximum absolute atomic E-state index is 5.90. The molecule has 0 aromatic heterocycles. The number of hydrogen-bond acceptors (Lipinski definition) is 2. The highest BCUT2D eigenvalue weighted by Crippen LogP contribution is 2.29. The van der Waals surface area contributed by atoms with Crippen LogP contribution in [0.25, 0.3) is 0 Å². The molecule has 0 bridgehead atoms. The first-order chi connectivity index (χ1) is 9.19. The van der Waals surface area contributed by atoms with Gasteiger partial charge in [-0.15, -0.1) is 0 Å². The summed E-state index contributed by atoms with van der Waals surface area (Å²) in [7, 11) is 0. The Kier molecular flexibility index (Phi) is 5.26. The van der Waals surface area contributed by atoms with Gasteiger partial charge in [0.05, 0.1) is 6.10 Å². The van der Waals surface area contributed by atoms with Crippen molar-refractivity contribution in [1.82, 2.24) is 5.32 Å². The molecule has 0 heterocycles. The van der Waals surface area contributed by atoms with E-state index in [0.29, 0.717) is 18.1 Å². The summed E-state index contributed by atoms with van der Waals surface area (Å²) < 4.78 is 5.90. The lowest BCUT2D eigenvalue weighted by Crippen LogP contribution is -2.23. The van der Waals surface area contributed by atoms with Crippen molar-refractivity contribution in [2.75, 3.05) is 6.54 Å².